The fraction of sp³-hybridized carbons (Fsp3) is 0.0385. The first-order valence-electron chi connectivity index (χ1n) is 10.3. The zero-order chi connectivity index (χ0) is 23.7. The van der Waals surface area contributed by atoms with Crippen molar-refractivity contribution in [1.82, 2.24) is 9.97 Å². The molecule has 5 aromatic rings. The molecule has 0 unspecified atom stereocenters. The molecule has 0 aliphatic carbocycles. The third-order valence-corrected chi connectivity index (χ3v) is 5.52. The monoisotopic (exact) mass is 473 g/mol. The Morgan fingerprint density at radius 1 is 1.00 bits per heavy atom. The van der Waals surface area contributed by atoms with Crippen molar-refractivity contribution < 1.29 is 18.3 Å². The predicted molar refractivity (Wildman–Crippen MR) is 128 cm³/mol. The average molecular weight is 474 g/mol. The van der Waals surface area contributed by atoms with Crippen LogP contribution in [0.1, 0.15) is 16.1 Å². The number of carbonyl (C=O) groups excluding carboxylic acids is 1. The number of benzene rings is 3. The second-order valence-electron chi connectivity index (χ2n) is 7.55. The van der Waals surface area contributed by atoms with E-state index in [0.29, 0.717) is 45.2 Å². The van der Waals surface area contributed by atoms with Crippen molar-refractivity contribution in [2.75, 3.05) is 5.73 Å². The third-order valence-electron chi connectivity index (χ3n) is 5.23. The Labute approximate surface area is 198 Å². The average Bonchev–Trinajstić information content (AvgIpc) is 3.32. The summed E-state index contributed by atoms with van der Waals surface area (Å²) in [5, 5.41) is 1.11. The van der Waals surface area contributed by atoms with Crippen LogP contribution in [0.5, 0.6) is 5.75 Å². The molecule has 34 heavy (non-hydrogen) atoms. The Morgan fingerprint density at radius 2 is 1.85 bits per heavy atom. The van der Waals surface area contributed by atoms with Crippen LogP contribution < -0.4 is 10.5 Å². The van der Waals surface area contributed by atoms with Crippen LogP contribution in [0.15, 0.2) is 77.2 Å². The van der Waals surface area contributed by atoms with E-state index < -0.39 is 0 Å². The van der Waals surface area contributed by atoms with Crippen molar-refractivity contribution in [2.45, 2.75) is 6.61 Å². The number of aromatic nitrogens is 2. The van der Waals surface area contributed by atoms with Crippen molar-refractivity contribution >= 4 is 34.7 Å². The SMILES string of the molecule is Nc1nc(-c2ccc(OCc3cccc(F)c3)c(Cl)c2)c2cc(-c3ccc(C=O)o3)ccc2n1. The number of halogens is 2. The summed E-state index contributed by atoms with van der Waals surface area (Å²) in [6, 6.07) is 20.3. The van der Waals surface area contributed by atoms with E-state index in [-0.39, 0.29) is 24.1 Å². The first-order valence-corrected chi connectivity index (χ1v) is 10.7. The van der Waals surface area contributed by atoms with Gasteiger partial charge in [0.1, 0.15) is 23.9 Å². The van der Waals surface area contributed by atoms with Gasteiger partial charge in [-0.2, -0.15) is 0 Å². The summed E-state index contributed by atoms with van der Waals surface area (Å²) < 4.78 is 24.7. The lowest BCUT2D eigenvalue weighted by molar-refractivity contribution is 0.110. The van der Waals surface area contributed by atoms with Gasteiger partial charge in [-0.25, -0.2) is 14.4 Å². The number of furan rings is 1. The van der Waals surface area contributed by atoms with E-state index in [1.807, 2.05) is 24.3 Å². The Balaban J connectivity index is 1.50. The number of nitrogen functional groups attached to an aromatic ring is 1. The van der Waals surface area contributed by atoms with E-state index in [1.165, 1.54) is 12.1 Å². The Bertz CT molecular complexity index is 1530. The van der Waals surface area contributed by atoms with Gasteiger partial charge in [0.25, 0.3) is 0 Å². The molecule has 0 aliphatic heterocycles. The third kappa shape index (κ3) is 4.33. The molecular formula is C26H17ClFN3O3. The van der Waals surface area contributed by atoms with Gasteiger partial charge < -0.3 is 14.9 Å². The highest BCUT2D eigenvalue weighted by Gasteiger charge is 2.14. The highest BCUT2D eigenvalue weighted by atomic mass is 35.5. The molecule has 0 fully saturated rings. The van der Waals surface area contributed by atoms with Crippen LogP contribution in [0, 0.1) is 5.82 Å². The first-order chi connectivity index (χ1) is 16.5. The van der Waals surface area contributed by atoms with Gasteiger partial charge in [-0.3, -0.25) is 4.79 Å². The van der Waals surface area contributed by atoms with Crippen LogP contribution in [0.4, 0.5) is 10.3 Å². The number of nitrogens with two attached hydrogens (primary N) is 1. The number of nitrogens with zero attached hydrogens (tertiary/aromatic N) is 2. The first kappa shape index (κ1) is 21.6. The van der Waals surface area contributed by atoms with Crippen LogP contribution in [0.25, 0.3) is 33.5 Å². The molecule has 168 valence electrons. The van der Waals surface area contributed by atoms with E-state index in [1.54, 1.807) is 36.4 Å². The number of hydrogen-bond acceptors (Lipinski definition) is 6. The molecule has 0 bridgehead atoms. The number of carbonyl (C=O) groups is 1. The van der Waals surface area contributed by atoms with Gasteiger partial charge in [0.05, 0.1) is 16.2 Å². The standard InChI is InChI=1S/C26H17ClFN3O3/c27-21-12-17(5-8-24(21)33-14-15-2-1-3-18(28)10-15)25-20-11-16(23-9-6-19(13-32)34-23)4-7-22(20)30-26(29)31-25/h1-13H,14H2,(H2,29,30,31). The van der Waals surface area contributed by atoms with Crippen LogP contribution in [0.2, 0.25) is 5.02 Å². The summed E-state index contributed by atoms with van der Waals surface area (Å²) in [5.74, 6) is 1.04. The van der Waals surface area contributed by atoms with Crippen LogP contribution in [-0.4, -0.2) is 16.3 Å². The van der Waals surface area contributed by atoms with E-state index in [4.69, 9.17) is 26.5 Å². The molecule has 2 aromatic heterocycles. The van der Waals surface area contributed by atoms with Crippen molar-refractivity contribution in [3.05, 3.63) is 95.0 Å². The lowest BCUT2D eigenvalue weighted by Crippen LogP contribution is -1.99. The second kappa shape index (κ2) is 8.96. The quantitative estimate of drug-likeness (QED) is 0.290. The summed E-state index contributed by atoms with van der Waals surface area (Å²) in [6.45, 7) is 0.176. The molecule has 0 amide bonds. The number of aldehydes is 1. The molecule has 0 spiro atoms. The fourth-order valence-electron chi connectivity index (χ4n) is 3.64. The van der Waals surface area contributed by atoms with E-state index in [2.05, 4.69) is 9.97 Å². The number of ether oxygens (including phenoxy) is 1. The van der Waals surface area contributed by atoms with Crippen LogP contribution in [-0.2, 0) is 6.61 Å². The number of hydrogen-bond donors (Lipinski definition) is 1. The van der Waals surface area contributed by atoms with Crippen molar-refractivity contribution in [3.63, 3.8) is 0 Å². The highest BCUT2D eigenvalue weighted by Crippen LogP contribution is 2.35. The number of anilines is 1. The van der Waals surface area contributed by atoms with Gasteiger partial charge in [-0.15, -0.1) is 0 Å². The van der Waals surface area contributed by atoms with E-state index >= 15 is 0 Å². The maximum absolute atomic E-state index is 13.4. The normalized spacial score (nSPS) is 11.0. The van der Waals surface area contributed by atoms with Crippen LogP contribution in [0.3, 0.4) is 0 Å². The smallest absolute Gasteiger partial charge is 0.221 e. The summed E-state index contributed by atoms with van der Waals surface area (Å²) in [5.41, 5.74) is 9.36. The van der Waals surface area contributed by atoms with Gasteiger partial charge >= 0.3 is 0 Å². The maximum atomic E-state index is 13.4. The Kier molecular flexibility index (Phi) is 5.69. The molecule has 6 nitrogen and oxygen atoms in total. The maximum Gasteiger partial charge on any atom is 0.221 e. The van der Waals surface area contributed by atoms with Gasteiger partial charge in [0.15, 0.2) is 12.0 Å². The zero-order valence-electron chi connectivity index (χ0n) is 17.7. The number of fused-ring (bicyclic) bond motifs is 1. The lowest BCUT2D eigenvalue weighted by Gasteiger charge is -2.12. The second-order valence-corrected chi connectivity index (χ2v) is 7.95. The minimum Gasteiger partial charge on any atom is -0.487 e. The molecule has 0 saturated carbocycles. The fourth-order valence-corrected chi connectivity index (χ4v) is 3.88. The Morgan fingerprint density at radius 3 is 2.62 bits per heavy atom. The zero-order valence-corrected chi connectivity index (χ0v) is 18.4. The molecule has 3 aromatic carbocycles. The molecule has 0 aliphatic rings. The Hall–Kier alpha value is -4.23. The van der Waals surface area contributed by atoms with Gasteiger partial charge in [-0.05, 0) is 66.2 Å². The van der Waals surface area contributed by atoms with Crippen molar-refractivity contribution in [1.29, 1.82) is 0 Å². The number of rotatable bonds is 6. The lowest BCUT2D eigenvalue weighted by atomic mass is 10.0. The van der Waals surface area contributed by atoms with Crippen molar-refractivity contribution in [2.24, 2.45) is 0 Å². The highest BCUT2D eigenvalue weighted by molar-refractivity contribution is 6.32. The van der Waals surface area contributed by atoms with Crippen molar-refractivity contribution in [3.8, 4) is 28.3 Å². The predicted octanol–water partition coefficient (Wildman–Crippen LogP) is 6.32. The van der Waals surface area contributed by atoms with Crippen LogP contribution >= 0.6 is 11.6 Å². The van der Waals surface area contributed by atoms with Gasteiger partial charge in [0, 0.05) is 16.5 Å². The molecule has 0 atom stereocenters. The largest absolute Gasteiger partial charge is 0.487 e. The van der Waals surface area contributed by atoms with E-state index in [9.17, 15) is 9.18 Å². The summed E-state index contributed by atoms with van der Waals surface area (Å²) in [7, 11) is 0. The summed E-state index contributed by atoms with van der Waals surface area (Å²) >= 11 is 6.49. The molecule has 2 heterocycles. The van der Waals surface area contributed by atoms with Gasteiger partial charge in [-0.1, -0.05) is 23.7 Å². The molecule has 5 rings (SSSR count). The summed E-state index contributed by atoms with van der Waals surface area (Å²) in [6.07, 6.45) is 0.652. The molecular weight excluding hydrogens is 457 g/mol. The molecule has 8 heteroatoms. The van der Waals surface area contributed by atoms with Gasteiger partial charge in [0.2, 0.25) is 5.95 Å². The minimum absolute atomic E-state index is 0.124. The molecule has 0 saturated heterocycles. The van der Waals surface area contributed by atoms with E-state index in [0.717, 1.165) is 10.9 Å². The minimum atomic E-state index is -0.327. The topological polar surface area (TPSA) is 91.2 Å². The molecule has 2 N–H and O–H groups in total. The summed E-state index contributed by atoms with van der Waals surface area (Å²) in [4.78, 5) is 19.7. The molecule has 0 radical (unpaired) electrons.